The molecule has 0 unspecified atom stereocenters. The second-order valence-electron chi connectivity index (χ2n) is 6.81. The smallest absolute Gasteiger partial charge is 0.0497 e. The zero-order valence-corrected chi connectivity index (χ0v) is 15.3. The van der Waals surface area contributed by atoms with E-state index in [0.717, 1.165) is 6.54 Å². The maximum absolute atomic E-state index is 4.10. The lowest BCUT2D eigenvalue weighted by Crippen LogP contribution is -1.93. The Morgan fingerprint density at radius 3 is 1.96 bits per heavy atom. The van der Waals surface area contributed by atoms with Gasteiger partial charge in [-0.05, 0) is 53.4 Å². The molecule has 0 spiro atoms. The number of fused-ring (bicyclic) bond motifs is 3. The highest BCUT2D eigenvalue weighted by molar-refractivity contribution is 6.09. The van der Waals surface area contributed by atoms with E-state index in [1.54, 1.807) is 0 Å². The van der Waals surface area contributed by atoms with Gasteiger partial charge in [0.25, 0.3) is 0 Å². The largest absolute Gasteiger partial charge is 0.341 e. The summed E-state index contributed by atoms with van der Waals surface area (Å²) in [4.78, 5) is 4.10. The van der Waals surface area contributed by atoms with Gasteiger partial charge >= 0.3 is 0 Å². The normalized spacial score (nSPS) is 11.3. The molecule has 0 bridgehead atoms. The lowest BCUT2D eigenvalue weighted by Gasteiger charge is -2.07. The summed E-state index contributed by atoms with van der Waals surface area (Å²) in [5.41, 5.74) is 7.50. The summed E-state index contributed by atoms with van der Waals surface area (Å²) in [6.07, 6.45) is 3.67. The van der Waals surface area contributed by atoms with Crippen LogP contribution in [0.1, 0.15) is 6.92 Å². The number of aromatic nitrogens is 2. The van der Waals surface area contributed by atoms with Gasteiger partial charge in [-0.1, -0.05) is 54.6 Å². The fourth-order valence-electron chi connectivity index (χ4n) is 3.97. The number of pyridine rings is 1. The number of rotatable bonds is 3. The SMILES string of the molecule is CCn1c2ccccc2c2ccc(-c3ccc(-c4ccncc4)cc3)cc21. The van der Waals surface area contributed by atoms with E-state index >= 15 is 0 Å². The first-order valence-corrected chi connectivity index (χ1v) is 9.37. The molecule has 0 aliphatic carbocycles. The van der Waals surface area contributed by atoms with E-state index in [0.29, 0.717) is 0 Å². The molecule has 130 valence electrons. The average Bonchev–Trinajstić information content (AvgIpc) is 3.07. The van der Waals surface area contributed by atoms with E-state index in [4.69, 9.17) is 0 Å². The molecule has 5 rings (SSSR count). The fourth-order valence-corrected chi connectivity index (χ4v) is 3.97. The first-order chi connectivity index (χ1) is 13.3. The molecule has 5 aromatic rings. The highest BCUT2D eigenvalue weighted by Crippen LogP contribution is 2.33. The summed E-state index contributed by atoms with van der Waals surface area (Å²) < 4.78 is 2.40. The quantitative estimate of drug-likeness (QED) is 0.362. The number of benzene rings is 3. The molecule has 2 heteroatoms. The molecule has 0 aliphatic rings. The Balaban J connectivity index is 1.62. The van der Waals surface area contributed by atoms with Crippen molar-refractivity contribution in [1.29, 1.82) is 0 Å². The molecule has 0 atom stereocenters. The van der Waals surface area contributed by atoms with Crippen LogP contribution in [0.25, 0.3) is 44.1 Å². The van der Waals surface area contributed by atoms with Crippen molar-refractivity contribution in [3.63, 3.8) is 0 Å². The van der Waals surface area contributed by atoms with Crippen LogP contribution in [0, 0.1) is 0 Å². The Labute approximate surface area is 158 Å². The molecular weight excluding hydrogens is 328 g/mol. The van der Waals surface area contributed by atoms with Crippen molar-refractivity contribution in [1.82, 2.24) is 9.55 Å². The maximum Gasteiger partial charge on any atom is 0.0497 e. The zero-order valence-electron chi connectivity index (χ0n) is 15.3. The molecule has 0 saturated carbocycles. The van der Waals surface area contributed by atoms with Crippen molar-refractivity contribution in [2.45, 2.75) is 13.5 Å². The molecule has 2 nitrogen and oxygen atoms in total. The predicted molar refractivity (Wildman–Crippen MR) is 114 cm³/mol. The van der Waals surface area contributed by atoms with E-state index in [-0.39, 0.29) is 0 Å². The molecular formula is C25H20N2. The number of nitrogens with zero attached hydrogens (tertiary/aromatic N) is 2. The first kappa shape index (κ1) is 15.8. The van der Waals surface area contributed by atoms with E-state index < -0.39 is 0 Å². The van der Waals surface area contributed by atoms with Gasteiger partial charge in [0, 0.05) is 40.7 Å². The van der Waals surface area contributed by atoms with Crippen molar-refractivity contribution in [2.24, 2.45) is 0 Å². The van der Waals surface area contributed by atoms with Crippen molar-refractivity contribution >= 4 is 21.8 Å². The van der Waals surface area contributed by atoms with Crippen LogP contribution in [0.2, 0.25) is 0 Å². The van der Waals surface area contributed by atoms with Gasteiger partial charge in [-0.2, -0.15) is 0 Å². The number of aryl methyl sites for hydroxylation is 1. The first-order valence-electron chi connectivity index (χ1n) is 9.37. The summed E-state index contributed by atoms with van der Waals surface area (Å²) >= 11 is 0. The van der Waals surface area contributed by atoms with Gasteiger partial charge in [0.1, 0.15) is 0 Å². The van der Waals surface area contributed by atoms with Crippen LogP contribution >= 0.6 is 0 Å². The van der Waals surface area contributed by atoms with Crippen molar-refractivity contribution < 1.29 is 0 Å². The molecule has 2 aromatic heterocycles. The van der Waals surface area contributed by atoms with Gasteiger partial charge in [-0.25, -0.2) is 0 Å². The molecule has 3 aromatic carbocycles. The highest BCUT2D eigenvalue weighted by Gasteiger charge is 2.10. The summed E-state index contributed by atoms with van der Waals surface area (Å²) in [6, 6.07) is 28.3. The predicted octanol–water partition coefficient (Wildman–Crippen LogP) is 6.54. The molecule has 0 amide bonds. The van der Waals surface area contributed by atoms with Crippen molar-refractivity contribution in [2.75, 3.05) is 0 Å². The third-order valence-corrected chi connectivity index (χ3v) is 5.32. The molecule has 0 radical (unpaired) electrons. The van der Waals surface area contributed by atoms with Crippen LogP contribution in [-0.2, 0) is 6.54 Å². The molecule has 0 saturated heterocycles. The highest BCUT2D eigenvalue weighted by atomic mass is 15.0. The zero-order chi connectivity index (χ0) is 18.2. The van der Waals surface area contributed by atoms with E-state index in [2.05, 4.69) is 83.2 Å². The van der Waals surface area contributed by atoms with E-state index in [9.17, 15) is 0 Å². The second kappa shape index (κ2) is 6.40. The monoisotopic (exact) mass is 348 g/mol. The average molecular weight is 348 g/mol. The molecule has 0 N–H and O–H groups in total. The molecule has 27 heavy (non-hydrogen) atoms. The van der Waals surface area contributed by atoms with E-state index in [1.807, 2.05) is 24.5 Å². The Morgan fingerprint density at radius 1 is 0.630 bits per heavy atom. The second-order valence-corrected chi connectivity index (χ2v) is 6.81. The van der Waals surface area contributed by atoms with Crippen LogP contribution in [0.15, 0.2) is 91.3 Å². The van der Waals surface area contributed by atoms with Crippen molar-refractivity contribution in [3.8, 4) is 22.3 Å². The van der Waals surface area contributed by atoms with Crippen LogP contribution in [-0.4, -0.2) is 9.55 Å². The fraction of sp³-hybridized carbons (Fsp3) is 0.0800. The molecule has 0 fully saturated rings. The molecule has 0 aliphatic heterocycles. The van der Waals surface area contributed by atoms with Gasteiger partial charge in [-0.3, -0.25) is 4.98 Å². The molecule has 2 heterocycles. The number of para-hydroxylation sites is 1. The van der Waals surface area contributed by atoms with Crippen LogP contribution < -0.4 is 0 Å². The minimum atomic E-state index is 0.967. The lowest BCUT2D eigenvalue weighted by atomic mass is 10.00. The minimum Gasteiger partial charge on any atom is -0.341 e. The lowest BCUT2D eigenvalue weighted by molar-refractivity contribution is 0.827. The van der Waals surface area contributed by atoms with Gasteiger partial charge < -0.3 is 4.57 Å². The topological polar surface area (TPSA) is 17.8 Å². The third-order valence-electron chi connectivity index (χ3n) is 5.32. The van der Waals surface area contributed by atoms with Crippen LogP contribution in [0.4, 0.5) is 0 Å². The van der Waals surface area contributed by atoms with Crippen molar-refractivity contribution in [3.05, 3.63) is 91.3 Å². The maximum atomic E-state index is 4.10. The summed E-state index contributed by atoms with van der Waals surface area (Å²) in [7, 11) is 0. The van der Waals surface area contributed by atoms with Gasteiger partial charge in [-0.15, -0.1) is 0 Å². The Hall–Kier alpha value is -3.39. The standard InChI is InChI=1S/C25H20N2/c1-2-27-24-6-4-3-5-22(24)23-12-11-21(17-25(23)27)19-9-7-18(8-10-19)20-13-15-26-16-14-20/h3-17H,2H2,1H3. The van der Waals surface area contributed by atoms with Gasteiger partial charge in [0.05, 0.1) is 0 Å². The third kappa shape index (κ3) is 2.61. The Kier molecular flexibility index (Phi) is 3.75. The number of hydrogen-bond acceptors (Lipinski definition) is 1. The Morgan fingerprint density at radius 2 is 1.22 bits per heavy atom. The minimum absolute atomic E-state index is 0.967. The van der Waals surface area contributed by atoms with Gasteiger partial charge in [0.2, 0.25) is 0 Å². The summed E-state index contributed by atoms with van der Waals surface area (Å²) in [5.74, 6) is 0. The van der Waals surface area contributed by atoms with E-state index in [1.165, 1.54) is 44.1 Å². The van der Waals surface area contributed by atoms with Crippen LogP contribution in [0.5, 0.6) is 0 Å². The summed E-state index contributed by atoms with van der Waals surface area (Å²) in [5, 5.41) is 2.65. The van der Waals surface area contributed by atoms with Gasteiger partial charge in [0.15, 0.2) is 0 Å². The number of hydrogen-bond donors (Lipinski definition) is 0. The summed E-state index contributed by atoms with van der Waals surface area (Å²) in [6.45, 7) is 3.18. The van der Waals surface area contributed by atoms with Crippen LogP contribution in [0.3, 0.4) is 0 Å². The Bertz CT molecular complexity index is 1230.